The van der Waals surface area contributed by atoms with Crippen LogP contribution in [0.25, 0.3) is 16.9 Å². The lowest BCUT2D eigenvalue weighted by Crippen LogP contribution is -2.15. The number of ether oxygens (including phenoxy) is 2. The van der Waals surface area contributed by atoms with E-state index in [0.717, 1.165) is 33.0 Å². The minimum absolute atomic E-state index is 0.581. The van der Waals surface area contributed by atoms with Crippen LogP contribution < -0.4 is 9.47 Å². The summed E-state index contributed by atoms with van der Waals surface area (Å²) in [5.74, 6) is 1.55. The van der Waals surface area contributed by atoms with E-state index in [2.05, 4.69) is 26.0 Å². The van der Waals surface area contributed by atoms with Gasteiger partial charge in [0.05, 0.1) is 11.9 Å². The van der Waals surface area contributed by atoms with E-state index in [0.29, 0.717) is 13.2 Å². The smallest absolute Gasteiger partial charge is 0.162 e. The zero-order valence-electron chi connectivity index (χ0n) is 10.4. The van der Waals surface area contributed by atoms with E-state index in [-0.39, 0.29) is 0 Å². The van der Waals surface area contributed by atoms with E-state index in [9.17, 15) is 0 Å². The Morgan fingerprint density at radius 2 is 1.90 bits per heavy atom. The van der Waals surface area contributed by atoms with Crippen molar-refractivity contribution in [3.8, 4) is 22.8 Å². The number of rotatable bonds is 1. The molecule has 0 atom stereocenters. The average molecular weight is 332 g/mol. The number of imidazole rings is 1. The molecular weight excluding hydrogens is 322 g/mol. The maximum absolute atomic E-state index is 5.60. The maximum atomic E-state index is 5.60. The van der Waals surface area contributed by atoms with Crippen LogP contribution in [0.2, 0.25) is 0 Å². The molecule has 0 fully saturated rings. The third-order valence-electron chi connectivity index (χ3n) is 3.13. The molecule has 0 spiro atoms. The first kappa shape index (κ1) is 11.7. The summed E-state index contributed by atoms with van der Waals surface area (Å²) in [5.41, 5.74) is 2.65. The van der Waals surface area contributed by atoms with Crippen molar-refractivity contribution in [2.45, 2.75) is 0 Å². The minimum atomic E-state index is 0.581. The van der Waals surface area contributed by atoms with Crippen LogP contribution >= 0.6 is 15.9 Å². The van der Waals surface area contributed by atoms with Crippen LogP contribution in [-0.2, 0) is 0 Å². The Bertz CT molecular complexity index is 800. The second kappa shape index (κ2) is 4.49. The molecule has 0 amide bonds. The summed E-state index contributed by atoms with van der Waals surface area (Å²) in [6.07, 6.45) is 1.83. The predicted octanol–water partition coefficient (Wildman–Crippen LogP) is 2.93. The van der Waals surface area contributed by atoms with Crippen LogP contribution in [-0.4, -0.2) is 27.8 Å². The number of hydrogen-bond acceptors (Lipinski definition) is 4. The second-order valence-electron chi connectivity index (χ2n) is 4.44. The number of aromatic nitrogens is 3. The number of fused-ring (bicyclic) bond motifs is 2. The van der Waals surface area contributed by atoms with Gasteiger partial charge in [-0.3, -0.25) is 0 Å². The van der Waals surface area contributed by atoms with Gasteiger partial charge in [0.15, 0.2) is 17.1 Å². The third-order valence-corrected chi connectivity index (χ3v) is 3.51. The fraction of sp³-hybridized carbons (Fsp3) is 0.143. The van der Waals surface area contributed by atoms with Gasteiger partial charge < -0.3 is 9.47 Å². The summed E-state index contributed by atoms with van der Waals surface area (Å²) < 4.78 is 13.6. The van der Waals surface area contributed by atoms with Gasteiger partial charge in [0, 0.05) is 5.56 Å². The zero-order valence-corrected chi connectivity index (χ0v) is 12.0. The van der Waals surface area contributed by atoms with E-state index >= 15 is 0 Å². The molecule has 6 heteroatoms. The Morgan fingerprint density at radius 1 is 1.05 bits per heavy atom. The third kappa shape index (κ3) is 1.92. The predicted molar refractivity (Wildman–Crippen MR) is 77.1 cm³/mol. The Kier molecular flexibility index (Phi) is 2.63. The summed E-state index contributed by atoms with van der Waals surface area (Å²) >= 11 is 3.35. The monoisotopic (exact) mass is 331 g/mol. The van der Waals surface area contributed by atoms with Crippen molar-refractivity contribution in [2.24, 2.45) is 0 Å². The summed E-state index contributed by atoms with van der Waals surface area (Å²) in [7, 11) is 0. The molecule has 0 saturated carbocycles. The van der Waals surface area contributed by atoms with Crippen LogP contribution in [0.4, 0.5) is 0 Å². The lowest BCUT2D eigenvalue weighted by Gasteiger charge is -2.18. The maximum Gasteiger partial charge on any atom is 0.162 e. The molecule has 0 bridgehead atoms. The van der Waals surface area contributed by atoms with Crippen molar-refractivity contribution < 1.29 is 9.47 Å². The molecule has 1 aliphatic heterocycles. The largest absolute Gasteiger partial charge is 0.486 e. The lowest BCUT2D eigenvalue weighted by atomic mass is 10.1. The van der Waals surface area contributed by atoms with Gasteiger partial charge in [-0.15, -0.1) is 0 Å². The highest BCUT2D eigenvalue weighted by Gasteiger charge is 2.13. The quantitative estimate of drug-likeness (QED) is 0.687. The fourth-order valence-corrected chi connectivity index (χ4v) is 2.59. The molecule has 1 aromatic carbocycles. The standard InChI is InChI=1S/C14H10BrN3O2/c15-13-8-18-14(16-13)4-2-10(17-18)9-1-3-11-12(7-9)20-6-5-19-11/h1-4,7-8H,5-6H2. The molecule has 5 nitrogen and oxygen atoms in total. The number of halogens is 1. The Hall–Kier alpha value is -2.08. The summed E-state index contributed by atoms with van der Waals surface area (Å²) in [6, 6.07) is 9.73. The molecule has 0 N–H and O–H groups in total. The van der Waals surface area contributed by atoms with Gasteiger partial charge in [-0.25, -0.2) is 9.50 Å². The summed E-state index contributed by atoms with van der Waals surface area (Å²) in [6.45, 7) is 1.18. The molecule has 100 valence electrons. The van der Waals surface area contributed by atoms with Gasteiger partial charge >= 0.3 is 0 Å². The number of nitrogens with zero attached hydrogens (tertiary/aromatic N) is 3. The number of hydrogen-bond donors (Lipinski definition) is 0. The molecule has 3 heterocycles. The fourth-order valence-electron chi connectivity index (χ4n) is 2.21. The van der Waals surface area contributed by atoms with Gasteiger partial charge in [-0.05, 0) is 46.3 Å². The van der Waals surface area contributed by atoms with Crippen molar-refractivity contribution in [3.63, 3.8) is 0 Å². The topological polar surface area (TPSA) is 48.7 Å². The van der Waals surface area contributed by atoms with Crippen molar-refractivity contribution in [2.75, 3.05) is 13.2 Å². The average Bonchev–Trinajstić information content (AvgIpc) is 2.85. The van der Waals surface area contributed by atoms with Crippen LogP contribution in [0.15, 0.2) is 41.1 Å². The van der Waals surface area contributed by atoms with E-state index < -0.39 is 0 Å². The number of benzene rings is 1. The Labute approximate surface area is 123 Å². The van der Waals surface area contributed by atoms with Crippen molar-refractivity contribution in [3.05, 3.63) is 41.1 Å². The molecule has 0 radical (unpaired) electrons. The highest BCUT2D eigenvalue weighted by molar-refractivity contribution is 9.10. The molecule has 2 aromatic heterocycles. The van der Waals surface area contributed by atoms with Crippen molar-refractivity contribution in [1.29, 1.82) is 0 Å². The molecule has 1 aliphatic rings. The highest BCUT2D eigenvalue weighted by atomic mass is 79.9. The van der Waals surface area contributed by atoms with Crippen molar-refractivity contribution >= 4 is 21.6 Å². The molecule has 20 heavy (non-hydrogen) atoms. The zero-order chi connectivity index (χ0) is 13.5. The Morgan fingerprint density at radius 3 is 2.80 bits per heavy atom. The molecule has 0 unspecified atom stereocenters. The molecule has 0 aliphatic carbocycles. The Balaban J connectivity index is 1.81. The summed E-state index contributed by atoms with van der Waals surface area (Å²) in [5, 5.41) is 4.54. The van der Waals surface area contributed by atoms with Gasteiger partial charge in [0.2, 0.25) is 0 Å². The first-order valence-electron chi connectivity index (χ1n) is 6.21. The minimum Gasteiger partial charge on any atom is -0.486 e. The normalized spacial score (nSPS) is 13.7. The SMILES string of the molecule is Brc1cn2nc(-c3ccc4c(c3)OCCO4)ccc2n1. The van der Waals surface area contributed by atoms with Crippen LogP contribution in [0.5, 0.6) is 11.5 Å². The first-order chi connectivity index (χ1) is 9.79. The van der Waals surface area contributed by atoms with E-state index in [4.69, 9.17) is 9.47 Å². The lowest BCUT2D eigenvalue weighted by molar-refractivity contribution is 0.171. The summed E-state index contributed by atoms with van der Waals surface area (Å²) in [4.78, 5) is 4.29. The van der Waals surface area contributed by atoms with Gasteiger partial charge in [0.25, 0.3) is 0 Å². The van der Waals surface area contributed by atoms with Crippen LogP contribution in [0, 0.1) is 0 Å². The van der Waals surface area contributed by atoms with Gasteiger partial charge in [-0.1, -0.05) is 0 Å². The van der Waals surface area contributed by atoms with Gasteiger partial charge in [0.1, 0.15) is 17.8 Å². The first-order valence-corrected chi connectivity index (χ1v) is 7.01. The van der Waals surface area contributed by atoms with Crippen LogP contribution in [0.1, 0.15) is 0 Å². The van der Waals surface area contributed by atoms with E-state index in [1.165, 1.54) is 0 Å². The molecular formula is C14H10BrN3O2. The van der Waals surface area contributed by atoms with Crippen LogP contribution in [0.3, 0.4) is 0 Å². The van der Waals surface area contributed by atoms with E-state index in [1.807, 2.05) is 36.5 Å². The second-order valence-corrected chi connectivity index (χ2v) is 5.26. The van der Waals surface area contributed by atoms with Gasteiger partial charge in [-0.2, -0.15) is 5.10 Å². The van der Waals surface area contributed by atoms with Crippen molar-refractivity contribution in [1.82, 2.24) is 14.6 Å². The molecule has 3 aromatic rings. The molecule has 0 saturated heterocycles. The van der Waals surface area contributed by atoms with E-state index in [1.54, 1.807) is 4.52 Å². The highest BCUT2D eigenvalue weighted by Crippen LogP contribution is 2.33. The molecule has 4 rings (SSSR count).